The third-order valence-electron chi connectivity index (χ3n) is 10.8. The summed E-state index contributed by atoms with van der Waals surface area (Å²) in [7, 11) is -0.908. The number of alkyl halides is 3. The van der Waals surface area contributed by atoms with E-state index < -0.39 is 72.6 Å². The van der Waals surface area contributed by atoms with Crippen molar-refractivity contribution in [2.24, 2.45) is 0 Å². The first-order chi connectivity index (χ1) is 45.9. The van der Waals surface area contributed by atoms with Crippen molar-refractivity contribution in [1.82, 2.24) is 0 Å². The van der Waals surface area contributed by atoms with Gasteiger partial charge in [0.25, 0.3) is 0 Å². The summed E-state index contributed by atoms with van der Waals surface area (Å²) in [4.78, 5) is 99.7. The minimum Gasteiger partial charge on any atom is -0.475 e. The number of halogens is 3. The van der Waals surface area contributed by atoms with Gasteiger partial charge in [-0.15, -0.1) is 23.5 Å². The Morgan fingerprint density at radius 3 is 1.16 bits per heavy atom. The third kappa shape index (κ3) is 43.1. The summed E-state index contributed by atoms with van der Waals surface area (Å²) < 4.78 is 119. The Hall–Kier alpha value is -8.50. The largest absolute Gasteiger partial charge is 0.519 e. The number of benzene rings is 4. The van der Waals surface area contributed by atoms with Crippen LogP contribution in [-0.2, 0) is 86.3 Å². The van der Waals surface area contributed by atoms with Gasteiger partial charge in [-0.25, -0.2) is 40.8 Å². The fourth-order valence-electron chi connectivity index (χ4n) is 6.58. The lowest BCUT2D eigenvalue weighted by Gasteiger charge is -2.31. The van der Waals surface area contributed by atoms with E-state index in [4.69, 9.17) is 28.8 Å². The van der Waals surface area contributed by atoms with Crippen LogP contribution in [0.1, 0.15) is 111 Å². The minimum atomic E-state index is -5.08. The summed E-state index contributed by atoms with van der Waals surface area (Å²) in [5, 5.41) is 13.5. The molecule has 562 valence electrons. The van der Waals surface area contributed by atoms with Crippen molar-refractivity contribution < 1.29 is 121 Å². The lowest BCUT2D eigenvalue weighted by molar-refractivity contribution is -0.192. The lowest BCUT2D eigenvalue weighted by atomic mass is 10.2. The van der Waals surface area contributed by atoms with Gasteiger partial charge >= 0.3 is 60.5 Å². The number of nitrogens with zero attached hydrogens (tertiary/aromatic N) is 2. The second-order valence-corrected chi connectivity index (χ2v) is 30.4. The number of anilines is 4. The summed E-state index contributed by atoms with van der Waals surface area (Å²) in [5.74, 6) is -1.52. The van der Waals surface area contributed by atoms with Gasteiger partial charge in [0.2, 0.25) is 0 Å². The molecule has 27 nitrogen and oxygen atoms in total. The average molecular weight is 1500 g/mol. The van der Waals surface area contributed by atoms with Gasteiger partial charge in [0, 0.05) is 80.9 Å². The number of aliphatic carboxylic acids is 1. The molecule has 0 atom stereocenters. The number of hydrogen-bond acceptors (Lipinski definition) is 26. The zero-order chi connectivity index (χ0) is 77.6. The van der Waals surface area contributed by atoms with Crippen LogP contribution in [0.25, 0.3) is 0 Å². The predicted molar refractivity (Wildman–Crippen MR) is 373 cm³/mol. The molecule has 8 rings (SSSR count). The Morgan fingerprint density at radius 2 is 0.770 bits per heavy atom. The molecule has 0 spiro atoms. The number of methoxy groups -OCH3 is 4. The van der Waals surface area contributed by atoms with Gasteiger partial charge in [-0.3, -0.25) is 29.0 Å². The standard InChI is InChI=1S/C13H17NO4S.C13H17NO2S.C10H18O5.C8H9NO2S.C8H9NS.4C3H6O2.C2HF3O2/c1-13(2,3)18-12(15)14-8-9-19(16,17)11-7-5-4-6-10(11)14;1-13(2,3)16-12(15)14-8-9-17-11-7-5-4-6-10(11)14;1-9(2,3)14-7(11)13-8(12)15-10(4,5)6;10-12(11)6-5-9-7-3-1-2-4-8(7)12;1-2-4-8-7(3-1)9-5-6-10-8;4*1-3(4)5-2;3-2(4,5)1(6)7/h4-7H,8-9H2,1-3H3;4-7H,8-9H2,1-3H3;1-6H3;1-4,9H,5-6H2;1-4,9H,5-6H2;4*1-2H3;(H,6,7). The Balaban J connectivity index is 0. The second-order valence-electron chi connectivity index (χ2n) is 24.0. The highest BCUT2D eigenvalue weighted by molar-refractivity contribution is 7.99. The molecule has 4 aliphatic heterocycles. The van der Waals surface area contributed by atoms with Crippen molar-refractivity contribution in [2.75, 3.05) is 98.1 Å². The fourth-order valence-corrected chi connectivity index (χ4v) is 11.2. The number of para-hydroxylation sites is 4. The molecule has 0 saturated carbocycles. The van der Waals surface area contributed by atoms with E-state index in [9.17, 15) is 68.4 Å². The quantitative estimate of drug-likeness (QED) is 0.0836. The van der Waals surface area contributed by atoms with Gasteiger partial charge in [0.1, 0.15) is 22.4 Å². The van der Waals surface area contributed by atoms with Crippen LogP contribution in [0.2, 0.25) is 0 Å². The van der Waals surface area contributed by atoms with Crippen LogP contribution in [0.5, 0.6) is 0 Å². The Labute approximate surface area is 592 Å². The van der Waals surface area contributed by atoms with Gasteiger partial charge < -0.3 is 58.4 Å². The van der Waals surface area contributed by atoms with Crippen LogP contribution >= 0.6 is 23.5 Å². The number of esters is 4. The van der Waals surface area contributed by atoms with Crippen molar-refractivity contribution in [3.8, 4) is 0 Å². The zero-order valence-electron chi connectivity index (χ0n) is 60.0. The summed E-state index contributed by atoms with van der Waals surface area (Å²) in [6.07, 6.45) is -7.98. The smallest absolute Gasteiger partial charge is 0.475 e. The van der Waals surface area contributed by atoms with Crippen LogP contribution < -0.4 is 20.4 Å². The number of amides is 2. The van der Waals surface area contributed by atoms with Crippen molar-refractivity contribution in [2.45, 2.75) is 159 Å². The number of thioether (sulfide) groups is 2. The number of nitrogens with one attached hydrogen (secondary N) is 2. The number of carbonyl (C=O) groups is 9. The molecule has 0 aromatic heterocycles. The molecule has 4 heterocycles. The van der Waals surface area contributed by atoms with E-state index in [1.807, 2.05) is 62.9 Å². The van der Waals surface area contributed by atoms with Crippen LogP contribution in [0.15, 0.2) is 117 Å². The lowest BCUT2D eigenvalue weighted by Crippen LogP contribution is -2.42. The number of rotatable bonds is 0. The van der Waals surface area contributed by atoms with E-state index in [1.54, 1.807) is 115 Å². The monoisotopic (exact) mass is 1500 g/mol. The summed E-state index contributed by atoms with van der Waals surface area (Å²) >= 11 is 3.70. The molecular formula is C66H95F3N4O23S4. The topological polar surface area (TPSA) is 356 Å². The highest BCUT2D eigenvalue weighted by Crippen LogP contribution is 2.36. The summed E-state index contributed by atoms with van der Waals surface area (Å²) in [6.45, 7) is 28.9. The van der Waals surface area contributed by atoms with Crippen molar-refractivity contribution in [1.29, 1.82) is 0 Å². The molecule has 0 aliphatic carbocycles. The molecule has 3 N–H and O–H groups in total. The van der Waals surface area contributed by atoms with Crippen LogP contribution in [0, 0.1) is 0 Å². The third-order valence-corrected chi connectivity index (χ3v) is 16.5. The Morgan fingerprint density at radius 1 is 0.440 bits per heavy atom. The Bertz CT molecular complexity index is 3410. The molecule has 0 unspecified atom stereocenters. The van der Waals surface area contributed by atoms with E-state index in [1.165, 1.54) is 83.4 Å². The maximum atomic E-state index is 12.1. The summed E-state index contributed by atoms with van der Waals surface area (Å²) in [6, 6.07) is 29.8. The molecule has 0 radical (unpaired) electrons. The number of hydrogen-bond donors (Lipinski definition) is 3. The number of ether oxygens (including phenoxy) is 9. The normalized spacial score (nSPS) is 13.8. The predicted octanol–water partition coefficient (Wildman–Crippen LogP) is 13.1. The number of carbonyl (C=O) groups excluding carboxylic acids is 8. The zero-order valence-corrected chi connectivity index (χ0v) is 63.3. The van der Waals surface area contributed by atoms with Gasteiger partial charge in [0.15, 0.2) is 19.7 Å². The molecule has 100 heavy (non-hydrogen) atoms. The van der Waals surface area contributed by atoms with E-state index in [0.717, 1.165) is 28.6 Å². The minimum absolute atomic E-state index is 0.0801. The Kier molecular flexibility index (Phi) is 41.7. The maximum Gasteiger partial charge on any atom is 0.519 e. The first-order valence-electron chi connectivity index (χ1n) is 30.0. The number of carboxylic acids is 1. The molecule has 4 aromatic carbocycles. The van der Waals surface area contributed by atoms with E-state index in [2.05, 4.69) is 58.6 Å². The second kappa shape index (κ2) is 44.6. The molecule has 4 aromatic rings. The number of carboxylic acid groups (broad SMARTS) is 1. The molecule has 0 fully saturated rings. The van der Waals surface area contributed by atoms with Crippen molar-refractivity contribution in [3.63, 3.8) is 0 Å². The molecular weight excluding hydrogens is 1400 g/mol. The maximum absolute atomic E-state index is 12.1. The first kappa shape index (κ1) is 93.6. The van der Waals surface area contributed by atoms with Gasteiger partial charge in [-0.05, 0) is 132 Å². The average Bonchev–Trinajstić information content (AvgIpc) is 0.780. The van der Waals surface area contributed by atoms with E-state index in [-0.39, 0.29) is 52.9 Å². The van der Waals surface area contributed by atoms with Crippen molar-refractivity contribution in [3.05, 3.63) is 97.1 Å². The fraction of sp³-hybridized carbons (Fsp3) is 0.500. The molecule has 2 amide bonds. The van der Waals surface area contributed by atoms with Gasteiger partial charge in [-0.2, -0.15) is 13.2 Å². The molecule has 34 heteroatoms. The van der Waals surface area contributed by atoms with E-state index in [0.29, 0.717) is 23.7 Å². The number of sulfone groups is 2. The SMILES string of the molecule is CC(C)(C)OC(=O)N1CCS(=O)(=O)c2ccccc21.CC(C)(C)OC(=O)N1CCSc2ccccc21.CC(C)(C)OC(=O)OC(=O)OC(C)(C)C.COC(C)=O.COC(C)=O.COC(C)=O.COC(C)=O.O=C(O)C(F)(F)F.O=S1(=O)CCNc2ccccc21.c1ccc2c(c1)NCCS2. The van der Waals surface area contributed by atoms with Crippen molar-refractivity contribution >= 4 is 120 Å². The van der Waals surface area contributed by atoms with Gasteiger partial charge in [0.05, 0.1) is 66.8 Å². The number of fused-ring (bicyclic) bond motifs is 4. The highest BCUT2D eigenvalue weighted by atomic mass is 32.2. The first-order valence-corrected chi connectivity index (χ1v) is 35.3. The molecule has 0 saturated heterocycles. The van der Waals surface area contributed by atoms with Gasteiger partial charge in [-0.1, -0.05) is 48.5 Å². The highest BCUT2D eigenvalue weighted by Gasteiger charge is 2.38. The van der Waals surface area contributed by atoms with Crippen LogP contribution in [0.4, 0.5) is 55.1 Å². The molecule has 0 bridgehead atoms. The summed E-state index contributed by atoms with van der Waals surface area (Å²) in [5.41, 5.74) is 0.917. The van der Waals surface area contributed by atoms with E-state index >= 15 is 0 Å². The van der Waals surface area contributed by atoms with Crippen LogP contribution in [0.3, 0.4) is 0 Å². The van der Waals surface area contributed by atoms with Crippen LogP contribution in [-0.4, -0.2) is 182 Å². The molecule has 4 aliphatic rings.